The third kappa shape index (κ3) is 5.51. The van der Waals surface area contributed by atoms with Crippen LogP contribution >= 0.6 is 11.3 Å². The van der Waals surface area contributed by atoms with E-state index in [9.17, 15) is 4.79 Å². The number of hydrogen-bond acceptors (Lipinski definition) is 6. The Morgan fingerprint density at radius 2 is 2.31 bits per heavy atom. The van der Waals surface area contributed by atoms with E-state index in [4.69, 9.17) is 4.74 Å². The van der Waals surface area contributed by atoms with Crippen molar-refractivity contribution >= 4 is 23.3 Å². The van der Waals surface area contributed by atoms with Crippen LogP contribution in [0, 0.1) is 6.92 Å². The molecule has 150 valence electrons. The van der Waals surface area contributed by atoms with Gasteiger partial charge < -0.3 is 14.6 Å². The number of carbonyl (C=O) groups is 1. The van der Waals surface area contributed by atoms with Crippen molar-refractivity contribution in [3.05, 3.63) is 64.1 Å². The number of rotatable bonds is 9. The fraction of sp³-hybridized carbons (Fsp3) is 0.333. The number of hydrogen-bond donors (Lipinski definition) is 1. The van der Waals surface area contributed by atoms with E-state index in [1.807, 2.05) is 36.6 Å². The predicted octanol–water partition coefficient (Wildman–Crippen LogP) is 3.33. The molecule has 1 saturated carbocycles. The lowest BCUT2D eigenvalue weighted by Gasteiger charge is -2.06. The Labute approximate surface area is 173 Å². The van der Waals surface area contributed by atoms with Crippen LogP contribution in [-0.4, -0.2) is 32.2 Å². The molecule has 0 saturated heterocycles. The molecular weight excluding hydrogens is 386 g/mol. The molecule has 4 rings (SSSR count). The average molecular weight is 410 g/mol. The van der Waals surface area contributed by atoms with E-state index in [1.165, 1.54) is 18.9 Å². The zero-order valence-corrected chi connectivity index (χ0v) is 17.1. The number of aryl methyl sites for hydroxylation is 1. The van der Waals surface area contributed by atoms with Gasteiger partial charge in [-0.25, -0.2) is 4.98 Å². The van der Waals surface area contributed by atoms with Crippen molar-refractivity contribution in [3.63, 3.8) is 0 Å². The van der Waals surface area contributed by atoms with Crippen LogP contribution in [0.1, 0.15) is 41.0 Å². The highest BCUT2D eigenvalue weighted by atomic mass is 32.1. The van der Waals surface area contributed by atoms with Crippen molar-refractivity contribution in [2.45, 2.75) is 38.8 Å². The van der Waals surface area contributed by atoms with Gasteiger partial charge in [0, 0.05) is 30.5 Å². The molecule has 1 aliphatic rings. The number of nitrogens with zero attached hydrogens (tertiary/aromatic N) is 4. The Bertz CT molecular complexity index is 1010. The standard InChI is InChI=1S/C21H23N5O2S/c1-15-24-17(13-29-15)12-28-19-4-2-3-16(11-19)5-8-21(27)22-10-9-20-25-23-14-26(20)18-6-7-18/h2-5,8,11,13-14,18H,6-7,9-10,12H2,1H3,(H,22,27). The van der Waals surface area contributed by atoms with Crippen molar-refractivity contribution in [2.24, 2.45) is 0 Å². The maximum Gasteiger partial charge on any atom is 0.244 e. The summed E-state index contributed by atoms with van der Waals surface area (Å²) in [5.74, 6) is 1.54. The lowest BCUT2D eigenvalue weighted by Crippen LogP contribution is -2.24. The van der Waals surface area contributed by atoms with Gasteiger partial charge in [-0.1, -0.05) is 12.1 Å². The number of amides is 1. The minimum absolute atomic E-state index is 0.133. The summed E-state index contributed by atoms with van der Waals surface area (Å²) in [6, 6.07) is 8.18. The predicted molar refractivity (Wildman–Crippen MR) is 112 cm³/mol. The zero-order chi connectivity index (χ0) is 20.1. The molecule has 2 aromatic heterocycles. The smallest absolute Gasteiger partial charge is 0.244 e. The van der Waals surface area contributed by atoms with Crippen molar-refractivity contribution in [1.82, 2.24) is 25.1 Å². The summed E-state index contributed by atoms with van der Waals surface area (Å²) in [6.45, 7) is 2.94. The number of nitrogens with one attached hydrogen (secondary N) is 1. The fourth-order valence-electron chi connectivity index (χ4n) is 2.97. The highest BCUT2D eigenvalue weighted by Crippen LogP contribution is 2.35. The summed E-state index contributed by atoms with van der Waals surface area (Å²) in [5.41, 5.74) is 1.82. The molecule has 2 heterocycles. The molecule has 0 atom stereocenters. The summed E-state index contributed by atoms with van der Waals surface area (Å²) in [6.07, 6.45) is 8.14. The first-order valence-electron chi connectivity index (χ1n) is 9.65. The van der Waals surface area contributed by atoms with Gasteiger partial charge in [0.05, 0.1) is 10.7 Å². The molecule has 7 nitrogen and oxygen atoms in total. The first kappa shape index (κ1) is 19.3. The molecule has 8 heteroatoms. The number of thiazole rings is 1. The van der Waals surface area contributed by atoms with Crippen LogP contribution in [0.2, 0.25) is 0 Å². The third-order valence-electron chi connectivity index (χ3n) is 4.57. The Morgan fingerprint density at radius 1 is 1.41 bits per heavy atom. The van der Waals surface area contributed by atoms with Gasteiger partial charge in [-0.05, 0) is 43.5 Å². The van der Waals surface area contributed by atoms with Crippen molar-refractivity contribution < 1.29 is 9.53 Å². The normalized spacial score (nSPS) is 13.7. The second kappa shape index (κ2) is 9.00. The van der Waals surface area contributed by atoms with Gasteiger partial charge in [0.15, 0.2) is 0 Å². The molecule has 3 aromatic rings. The SMILES string of the molecule is Cc1nc(COc2cccc(C=CC(=O)NCCc3nncn3C3CC3)c2)cs1. The summed E-state index contributed by atoms with van der Waals surface area (Å²) in [5, 5.41) is 14.0. The Kier molecular flexibility index (Phi) is 6.00. The topological polar surface area (TPSA) is 81.9 Å². The van der Waals surface area contributed by atoms with Gasteiger partial charge in [-0.3, -0.25) is 4.79 Å². The molecule has 1 aliphatic carbocycles. The van der Waals surface area contributed by atoms with E-state index >= 15 is 0 Å². The van der Waals surface area contributed by atoms with Crippen molar-refractivity contribution in [2.75, 3.05) is 6.54 Å². The van der Waals surface area contributed by atoms with Crippen LogP contribution < -0.4 is 10.1 Å². The number of carbonyl (C=O) groups excluding carboxylic acids is 1. The maximum absolute atomic E-state index is 12.1. The van der Waals surface area contributed by atoms with Crippen LogP contribution in [0.25, 0.3) is 6.08 Å². The lowest BCUT2D eigenvalue weighted by atomic mass is 10.2. The summed E-state index contributed by atoms with van der Waals surface area (Å²) < 4.78 is 7.90. The molecule has 1 aromatic carbocycles. The first-order valence-corrected chi connectivity index (χ1v) is 10.5. The lowest BCUT2D eigenvalue weighted by molar-refractivity contribution is -0.116. The molecule has 0 aliphatic heterocycles. The van der Waals surface area contributed by atoms with Crippen LogP contribution in [0.15, 0.2) is 42.0 Å². The Balaban J connectivity index is 1.24. The Morgan fingerprint density at radius 3 is 3.10 bits per heavy atom. The molecule has 29 heavy (non-hydrogen) atoms. The molecule has 1 amide bonds. The quantitative estimate of drug-likeness (QED) is 0.548. The van der Waals surface area contributed by atoms with Gasteiger partial charge in [0.25, 0.3) is 0 Å². The van der Waals surface area contributed by atoms with Crippen LogP contribution in [0.3, 0.4) is 0 Å². The molecule has 0 unspecified atom stereocenters. The van der Waals surface area contributed by atoms with Crippen LogP contribution in [0.4, 0.5) is 0 Å². The largest absolute Gasteiger partial charge is 0.487 e. The van der Waals surface area contributed by atoms with E-state index in [0.717, 1.165) is 27.8 Å². The second-order valence-electron chi connectivity index (χ2n) is 6.98. The first-order chi connectivity index (χ1) is 14.2. The van der Waals surface area contributed by atoms with Crippen molar-refractivity contribution in [3.8, 4) is 5.75 Å². The molecule has 1 fully saturated rings. The van der Waals surface area contributed by atoms with E-state index < -0.39 is 0 Å². The van der Waals surface area contributed by atoms with E-state index in [0.29, 0.717) is 25.6 Å². The fourth-order valence-corrected chi connectivity index (χ4v) is 3.57. The molecule has 0 radical (unpaired) electrons. The third-order valence-corrected chi connectivity index (χ3v) is 5.40. The molecule has 1 N–H and O–H groups in total. The van der Waals surface area contributed by atoms with Gasteiger partial charge in [-0.2, -0.15) is 0 Å². The average Bonchev–Trinajstić information content (AvgIpc) is 3.32. The van der Waals surface area contributed by atoms with E-state index in [1.54, 1.807) is 23.7 Å². The van der Waals surface area contributed by atoms with Crippen LogP contribution in [-0.2, 0) is 17.8 Å². The van der Waals surface area contributed by atoms with Gasteiger partial charge in [-0.15, -0.1) is 21.5 Å². The number of ether oxygens (including phenoxy) is 1. The van der Waals surface area contributed by atoms with E-state index in [2.05, 4.69) is 25.1 Å². The molecular formula is C21H23N5O2S. The molecule has 0 spiro atoms. The van der Waals surface area contributed by atoms with Gasteiger partial charge in [0.2, 0.25) is 5.91 Å². The summed E-state index contributed by atoms with van der Waals surface area (Å²) in [4.78, 5) is 16.5. The number of aromatic nitrogens is 4. The maximum atomic E-state index is 12.1. The minimum atomic E-state index is -0.133. The highest BCUT2D eigenvalue weighted by Gasteiger charge is 2.25. The van der Waals surface area contributed by atoms with E-state index in [-0.39, 0.29) is 5.91 Å². The minimum Gasteiger partial charge on any atom is -0.487 e. The monoisotopic (exact) mass is 409 g/mol. The highest BCUT2D eigenvalue weighted by molar-refractivity contribution is 7.09. The van der Waals surface area contributed by atoms with Gasteiger partial charge >= 0.3 is 0 Å². The summed E-state index contributed by atoms with van der Waals surface area (Å²) in [7, 11) is 0. The number of benzene rings is 1. The summed E-state index contributed by atoms with van der Waals surface area (Å²) >= 11 is 1.61. The molecule has 0 bridgehead atoms. The van der Waals surface area contributed by atoms with Crippen molar-refractivity contribution in [1.29, 1.82) is 0 Å². The Hall–Kier alpha value is -3.00. The second-order valence-corrected chi connectivity index (χ2v) is 8.04. The van der Waals surface area contributed by atoms with Gasteiger partial charge in [0.1, 0.15) is 24.5 Å². The zero-order valence-electron chi connectivity index (χ0n) is 16.2. The van der Waals surface area contributed by atoms with Crippen LogP contribution in [0.5, 0.6) is 5.75 Å².